The third-order valence-electron chi connectivity index (χ3n) is 2.60. The molecule has 0 aliphatic heterocycles. The molecule has 1 unspecified atom stereocenters. The fraction of sp³-hybridized carbons (Fsp3) is 0.0769. The molecule has 2 rings (SSSR count). The maximum atomic E-state index is 10.9. The van der Waals surface area contributed by atoms with Crippen molar-refractivity contribution in [1.82, 2.24) is 0 Å². The molecule has 0 aliphatic rings. The van der Waals surface area contributed by atoms with Crippen LogP contribution in [0.3, 0.4) is 0 Å². The average molecular weight is 292 g/mol. The van der Waals surface area contributed by atoms with Crippen molar-refractivity contribution in [2.45, 2.75) is 6.61 Å². The number of benzene rings is 2. The van der Waals surface area contributed by atoms with Gasteiger partial charge in [0.1, 0.15) is 5.30 Å². The van der Waals surface area contributed by atoms with Gasteiger partial charge in [-0.2, -0.15) is 0 Å². The van der Waals surface area contributed by atoms with Crippen LogP contribution in [-0.2, 0) is 11.1 Å². The lowest BCUT2D eigenvalue weighted by atomic mass is 10.2. The quantitative estimate of drug-likeness (QED) is 0.381. The van der Waals surface area contributed by atoms with E-state index in [2.05, 4.69) is 0 Å². The second-order valence-electron chi connectivity index (χ2n) is 4.04. The van der Waals surface area contributed by atoms with Gasteiger partial charge in [-0.15, -0.1) is 0 Å². The van der Waals surface area contributed by atoms with Gasteiger partial charge in [-0.1, -0.05) is 30.3 Å². The maximum absolute atomic E-state index is 10.9. The van der Waals surface area contributed by atoms with Crippen LogP contribution in [0.2, 0.25) is 0 Å². The van der Waals surface area contributed by atoms with E-state index < -0.39 is 13.3 Å². The van der Waals surface area contributed by atoms with E-state index in [1.807, 2.05) is 30.3 Å². The fourth-order valence-electron chi connectivity index (χ4n) is 1.63. The highest BCUT2D eigenvalue weighted by molar-refractivity contribution is 7.55. The number of nitro groups is 1. The zero-order chi connectivity index (χ0) is 14.5. The zero-order valence-electron chi connectivity index (χ0n) is 10.5. The van der Waals surface area contributed by atoms with Gasteiger partial charge in [-0.25, -0.2) is 0 Å². The normalized spacial score (nSPS) is 12.1. The van der Waals surface area contributed by atoms with Crippen LogP contribution in [0.5, 0.6) is 0 Å². The van der Waals surface area contributed by atoms with E-state index >= 15 is 0 Å². The number of nitrogens with zero attached hydrogens (tertiary/aromatic N) is 1. The van der Waals surface area contributed by atoms with Crippen molar-refractivity contribution in [3.8, 4) is 0 Å². The molecule has 0 bridgehead atoms. The molecule has 0 spiro atoms. The SMILES string of the molecule is Nc1ccc([N+](=O)[O-])c(P(O)OCc2ccccc2)c1. The highest BCUT2D eigenvalue weighted by Gasteiger charge is 2.22. The second-order valence-corrected chi connectivity index (χ2v) is 5.32. The third-order valence-corrected chi connectivity index (χ3v) is 3.74. The molecule has 6 nitrogen and oxygen atoms in total. The minimum absolute atomic E-state index is 0.112. The summed E-state index contributed by atoms with van der Waals surface area (Å²) in [6, 6.07) is 13.3. The average Bonchev–Trinajstić information content (AvgIpc) is 2.45. The van der Waals surface area contributed by atoms with Crippen LogP contribution in [-0.4, -0.2) is 9.82 Å². The summed E-state index contributed by atoms with van der Waals surface area (Å²) in [7, 11) is -2.09. The van der Waals surface area contributed by atoms with E-state index in [1.54, 1.807) is 0 Å². The van der Waals surface area contributed by atoms with Gasteiger partial charge in [0, 0.05) is 11.8 Å². The third kappa shape index (κ3) is 3.51. The number of nitrogen functional groups attached to an aromatic ring is 1. The molecule has 3 N–H and O–H groups in total. The van der Waals surface area contributed by atoms with E-state index in [0.29, 0.717) is 5.69 Å². The van der Waals surface area contributed by atoms with Crippen LogP contribution in [0.4, 0.5) is 11.4 Å². The monoisotopic (exact) mass is 292 g/mol. The molecule has 0 aromatic heterocycles. The van der Waals surface area contributed by atoms with Crippen LogP contribution in [0, 0.1) is 10.1 Å². The number of nitro benzene ring substituents is 1. The van der Waals surface area contributed by atoms with E-state index in [4.69, 9.17) is 10.3 Å². The molecular weight excluding hydrogens is 279 g/mol. The van der Waals surface area contributed by atoms with Gasteiger partial charge in [0.25, 0.3) is 5.69 Å². The van der Waals surface area contributed by atoms with Crippen molar-refractivity contribution < 1.29 is 14.3 Å². The Labute approximate surface area is 116 Å². The lowest BCUT2D eigenvalue weighted by Gasteiger charge is -2.12. The molecule has 7 heteroatoms. The summed E-state index contributed by atoms with van der Waals surface area (Å²) in [6.07, 6.45) is 0. The summed E-state index contributed by atoms with van der Waals surface area (Å²) in [5, 5.41) is 11.0. The molecule has 2 aromatic carbocycles. The van der Waals surface area contributed by atoms with Crippen molar-refractivity contribution in [3.63, 3.8) is 0 Å². The van der Waals surface area contributed by atoms with Crippen molar-refractivity contribution in [2.24, 2.45) is 0 Å². The molecule has 0 fully saturated rings. The van der Waals surface area contributed by atoms with Crippen molar-refractivity contribution in [1.29, 1.82) is 0 Å². The molecule has 0 saturated carbocycles. The van der Waals surface area contributed by atoms with Crippen LogP contribution in [0.1, 0.15) is 5.56 Å². The molecule has 0 heterocycles. The van der Waals surface area contributed by atoms with Crippen molar-refractivity contribution >= 4 is 25.1 Å². The Morgan fingerprint density at radius 1 is 1.25 bits per heavy atom. The Kier molecular flexibility index (Phi) is 4.63. The standard InChI is InChI=1S/C13H13N2O4P/c14-11-6-7-12(15(16)17)13(8-11)20(18)19-9-10-4-2-1-3-5-10/h1-8,18H,9,14H2. The Hall–Kier alpha value is -2.01. The molecule has 104 valence electrons. The predicted molar refractivity (Wildman–Crippen MR) is 77.5 cm³/mol. The first-order valence-corrected chi connectivity index (χ1v) is 6.99. The van der Waals surface area contributed by atoms with Crippen LogP contribution in [0.25, 0.3) is 0 Å². The minimum Gasteiger partial charge on any atom is -0.399 e. The first kappa shape index (κ1) is 14.4. The van der Waals surface area contributed by atoms with Crippen molar-refractivity contribution in [2.75, 3.05) is 5.73 Å². The summed E-state index contributed by atoms with van der Waals surface area (Å²) < 4.78 is 5.32. The molecule has 0 aliphatic carbocycles. The van der Waals surface area contributed by atoms with Gasteiger partial charge in [0.15, 0.2) is 0 Å². The molecular formula is C13H13N2O4P. The summed E-state index contributed by atoms with van der Waals surface area (Å²) in [5.41, 5.74) is 6.62. The molecule has 2 aromatic rings. The molecule has 20 heavy (non-hydrogen) atoms. The maximum Gasteiger partial charge on any atom is 0.281 e. The Morgan fingerprint density at radius 2 is 1.95 bits per heavy atom. The highest BCUT2D eigenvalue weighted by Crippen LogP contribution is 2.36. The van der Waals surface area contributed by atoms with Crippen molar-refractivity contribution in [3.05, 3.63) is 64.2 Å². The molecule has 1 atom stereocenters. The highest BCUT2D eigenvalue weighted by atomic mass is 31.2. The van der Waals surface area contributed by atoms with Gasteiger partial charge >= 0.3 is 0 Å². The van der Waals surface area contributed by atoms with Crippen LogP contribution >= 0.6 is 8.38 Å². The summed E-state index contributed by atoms with van der Waals surface area (Å²) in [4.78, 5) is 20.4. The Bertz CT molecular complexity index is 607. The van der Waals surface area contributed by atoms with Crippen LogP contribution < -0.4 is 11.0 Å². The van der Waals surface area contributed by atoms with Gasteiger partial charge < -0.3 is 15.2 Å². The molecule has 0 amide bonds. The first-order chi connectivity index (χ1) is 9.58. The minimum atomic E-state index is -2.09. The predicted octanol–water partition coefficient (Wildman–Crippen LogP) is 2.32. The Morgan fingerprint density at radius 3 is 2.60 bits per heavy atom. The summed E-state index contributed by atoms with van der Waals surface area (Å²) in [5.74, 6) is 0. The van der Waals surface area contributed by atoms with Gasteiger partial charge in [0.2, 0.25) is 8.38 Å². The lowest BCUT2D eigenvalue weighted by Crippen LogP contribution is -2.10. The number of rotatable bonds is 5. The summed E-state index contributed by atoms with van der Waals surface area (Å²) >= 11 is 0. The molecule has 0 radical (unpaired) electrons. The fourth-order valence-corrected chi connectivity index (χ4v) is 2.65. The number of anilines is 1. The summed E-state index contributed by atoms with van der Waals surface area (Å²) in [6.45, 7) is 0.176. The second kappa shape index (κ2) is 6.43. The smallest absolute Gasteiger partial charge is 0.281 e. The number of nitrogens with two attached hydrogens (primary N) is 1. The number of hydrogen-bond donors (Lipinski definition) is 2. The van der Waals surface area contributed by atoms with E-state index in [-0.39, 0.29) is 17.6 Å². The van der Waals surface area contributed by atoms with E-state index in [9.17, 15) is 15.0 Å². The first-order valence-electron chi connectivity index (χ1n) is 5.77. The topological polar surface area (TPSA) is 98.6 Å². The Balaban J connectivity index is 2.14. The lowest BCUT2D eigenvalue weighted by molar-refractivity contribution is -0.383. The van der Waals surface area contributed by atoms with Gasteiger partial charge in [0.05, 0.1) is 11.5 Å². The molecule has 0 saturated heterocycles. The van der Waals surface area contributed by atoms with Gasteiger partial charge in [-0.05, 0) is 17.7 Å². The van der Waals surface area contributed by atoms with Crippen LogP contribution in [0.15, 0.2) is 48.5 Å². The number of hydrogen-bond acceptors (Lipinski definition) is 5. The zero-order valence-corrected chi connectivity index (χ0v) is 11.4. The van der Waals surface area contributed by atoms with E-state index in [0.717, 1.165) is 5.56 Å². The largest absolute Gasteiger partial charge is 0.399 e. The van der Waals surface area contributed by atoms with E-state index in [1.165, 1.54) is 18.2 Å². The van der Waals surface area contributed by atoms with Gasteiger partial charge in [-0.3, -0.25) is 10.1 Å².